The van der Waals surface area contributed by atoms with Crippen molar-refractivity contribution in [1.29, 1.82) is 5.26 Å². The van der Waals surface area contributed by atoms with Crippen molar-refractivity contribution < 1.29 is 4.79 Å². The molecule has 0 saturated heterocycles. The molecule has 1 amide bonds. The van der Waals surface area contributed by atoms with Gasteiger partial charge in [0.1, 0.15) is 0 Å². The van der Waals surface area contributed by atoms with E-state index in [4.69, 9.17) is 5.26 Å². The van der Waals surface area contributed by atoms with Gasteiger partial charge in [0.15, 0.2) is 0 Å². The first-order chi connectivity index (χ1) is 9.29. The van der Waals surface area contributed by atoms with Crippen molar-refractivity contribution in [2.45, 2.75) is 50.6 Å². The molecular weight excluding hydrogens is 236 g/mol. The van der Waals surface area contributed by atoms with E-state index >= 15 is 0 Å². The minimum Gasteiger partial charge on any atom is -0.333 e. The molecule has 19 heavy (non-hydrogen) atoms. The molecule has 3 rings (SSSR count). The average molecular weight is 254 g/mol. The minimum absolute atomic E-state index is 0.152. The van der Waals surface area contributed by atoms with E-state index in [0.717, 1.165) is 31.2 Å². The van der Waals surface area contributed by atoms with Gasteiger partial charge in [-0.3, -0.25) is 4.79 Å². The topological polar surface area (TPSA) is 44.1 Å². The monoisotopic (exact) mass is 254 g/mol. The molecule has 98 valence electrons. The maximum absolute atomic E-state index is 12.7. The Morgan fingerprint density at radius 2 is 1.63 bits per heavy atom. The van der Waals surface area contributed by atoms with E-state index in [1.54, 1.807) is 24.3 Å². The average Bonchev–Trinajstić information content (AvgIpc) is 3.13. The fourth-order valence-electron chi connectivity index (χ4n) is 3.00. The van der Waals surface area contributed by atoms with Gasteiger partial charge in [-0.25, -0.2) is 0 Å². The van der Waals surface area contributed by atoms with Gasteiger partial charge in [-0.05, 0) is 49.9 Å². The number of rotatable bonds is 3. The van der Waals surface area contributed by atoms with Crippen LogP contribution in [0.5, 0.6) is 0 Å². The minimum atomic E-state index is 0.152. The number of amides is 1. The number of carbonyl (C=O) groups is 1. The van der Waals surface area contributed by atoms with Gasteiger partial charge in [0.25, 0.3) is 5.91 Å². The Hall–Kier alpha value is -1.82. The lowest BCUT2D eigenvalue weighted by Crippen LogP contribution is -2.40. The molecule has 0 bridgehead atoms. The van der Waals surface area contributed by atoms with Crippen LogP contribution in [-0.4, -0.2) is 22.9 Å². The van der Waals surface area contributed by atoms with Gasteiger partial charge in [0.05, 0.1) is 11.6 Å². The summed E-state index contributed by atoms with van der Waals surface area (Å²) < 4.78 is 0. The van der Waals surface area contributed by atoms with Gasteiger partial charge in [0.2, 0.25) is 0 Å². The molecule has 2 fully saturated rings. The first-order valence-corrected chi connectivity index (χ1v) is 7.12. The van der Waals surface area contributed by atoms with E-state index in [0.29, 0.717) is 17.6 Å². The highest BCUT2D eigenvalue weighted by Gasteiger charge is 2.38. The number of benzene rings is 1. The lowest BCUT2D eigenvalue weighted by atomic mass is 10.1. The third-order valence-corrected chi connectivity index (χ3v) is 4.15. The second-order valence-corrected chi connectivity index (χ2v) is 5.57. The molecule has 1 aromatic carbocycles. The van der Waals surface area contributed by atoms with Crippen molar-refractivity contribution in [3.8, 4) is 6.07 Å². The van der Waals surface area contributed by atoms with Crippen LogP contribution in [-0.2, 0) is 0 Å². The molecule has 1 aromatic rings. The number of carbonyl (C=O) groups excluding carboxylic acids is 1. The van der Waals surface area contributed by atoms with Gasteiger partial charge >= 0.3 is 0 Å². The normalized spacial score (nSPS) is 19.1. The van der Waals surface area contributed by atoms with Gasteiger partial charge in [-0.2, -0.15) is 5.26 Å². The number of hydrogen-bond donors (Lipinski definition) is 0. The lowest BCUT2D eigenvalue weighted by Gasteiger charge is -2.29. The quantitative estimate of drug-likeness (QED) is 0.832. The molecule has 0 aliphatic heterocycles. The zero-order valence-electron chi connectivity index (χ0n) is 11.0. The van der Waals surface area contributed by atoms with E-state index in [2.05, 4.69) is 11.0 Å². The maximum atomic E-state index is 12.7. The molecule has 3 nitrogen and oxygen atoms in total. The van der Waals surface area contributed by atoms with E-state index in [1.165, 1.54) is 12.8 Å². The molecule has 3 heteroatoms. The number of hydrogen-bond acceptors (Lipinski definition) is 2. The van der Waals surface area contributed by atoms with Crippen molar-refractivity contribution in [2.24, 2.45) is 0 Å². The highest BCUT2D eigenvalue weighted by atomic mass is 16.2. The molecule has 0 unspecified atom stereocenters. The third kappa shape index (κ3) is 2.49. The molecule has 0 radical (unpaired) electrons. The van der Waals surface area contributed by atoms with Crippen molar-refractivity contribution in [3.05, 3.63) is 35.4 Å². The summed E-state index contributed by atoms with van der Waals surface area (Å²) >= 11 is 0. The van der Waals surface area contributed by atoms with Gasteiger partial charge in [-0.15, -0.1) is 0 Å². The van der Waals surface area contributed by atoms with Crippen LogP contribution in [0.1, 0.15) is 54.4 Å². The number of nitrogens with zero attached hydrogens (tertiary/aromatic N) is 2. The van der Waals surface area contributed by atoms with Crippen LogP contribution in [0.25, 0.3) is 0 Å². The Balaban J connectivity index is 1.81. The molecule has 2 aliphatic rings. The zero-order chi connectivity index (χ0) is 13.2. The lowest BCUT2D eigenvalue weighted by molar-refractivity contribution is 0.0664. The standard InChI is InChI=1S/C16H18N2O/c17-11-12-5-7-13(8-6-12)16(19)18(15-9-10-15)14-3-1-2-4-14/h5-8,14-15H,1-4,9-10H2. The summed E-state index contributed by atoms with van der Waals surface area (Å²) in [6, 6.07) is 10.0. The van der Waals surface area contributed by atoms with E-state index in [-0.39, 0.29) is 5.91 Å². The molecular formula is C16H18N2O. The second-order valence-electron chi connectivity index (χ2n) is 5.57. The molecule has 0 spiro atoms. The van der Waals surface area contributed by atoms with Gasteiger partial charge < -0.3 is 4.90 Å². The summed E-state index contributed by atoms with van der Waals surface area (Å²) in [5.74, 6) is 0.152. The van der Waals surface area contributed by atoms with E-state index in [1.807, 2.05) is 0 Å². The SMILES string of the molecule is N#Cc1ccc(C(=O)N(C2CCCC2)C2CC2)cc1. The summed E-state index contributed by atoms with van der Waals surface area (Å²) in [7, 11) is 0. The van der Waals surface area contributed by atoms with Crippen LogP contribution in [0.2, 0.25) is 0 Å². The molecule has 2 aliphatic carbocycles. The Morgan fingerprint density at radius 1 is 1.05 bits per heavy atom. The van der Waals surface area contributed by atoms with Gasteiger partial charge in [-0.1, -0.05) is 12.8 Å². The smallest absolute Gasteiger partial charge is 0.254 e. The predicted octanol–water partition coefficient (Wildman–Crippen LogP) is 3.11. The Labute approximate surface area is 113 Å². The molecule has 0 aromatic heterocycles. The predicted molar refractivity (Wildman–Crippen MR) is 72.6 cm³/mol. The van der Waals surface area contributed by atoms with Crippen LogP contribution in [0, 0.1) is 11.3 Å². The largest absolute Gasteiger partial charge is 0.333 e. The third-order valence-electron chi connectivity index (χ3n) is 4.15. The van der Waals surface area contributed by atoms with Crippen LogP contribution >= 0.6 is 0 Å². The Morgan fingerprint density at radius 3 is 2.16 bits per heavy atom. The van der Waals surface area contributed by atoms with Crippen LogP contribution in [0.4, 0.5) is 0 Å². The van der Waals surface area contributed by atoms with Crippen LogP contribution < -0.4 is 0 Å². The van der Waals surface area contributed by atoms with Crippen LogP contribution in [0.3, 0.4) is 0 Å². The maximum Gasteiger partial charge on any atom is 0.254 e. The zero-order valence-corrected chi connectivity index (χ0v) is 11.0. The summed E-state index contributed by atoms with van der Waals surface area (Å²) in [4.78, 5) is 14.8. The molecule has 2 saturated carbocycles. The molecule has 0 N–H and O–H groups in total. The van der Waals surface area contributed by atoms with Crippen molar-refractivity contribution in [2.75, 3.05) is 0 Å². The Kier molecular flexibility index (Phi) is 3.25. The van der Waals surface area contributed by atoms with Crippen molar-refractivity contribution >= 4 is 5.91 Å². The fourth-order valence-corrected chi connectivity index (χ4v) is 3.00. The summed E-state index contributed by atoms with van der Waals surface area (Å²) in [6.45, 7) is 0. The highest BCUT2D eigenvalue weighted by molar-refractivity contribution is 5.95. The van der Waals surface area contributed by atoms with Crippen molar-refractivity contribution in [3.63, 3.8) is 0 Å². The molecule has 0 atom stereocenters. The van der Waals surface area contributed by atoms with E-state index in [9.17, 15) is 4.79 Å². The summed E-state index contributed by atoms with van der Waals surface area (Å²) in [5.41, 5.74) is 1.33. The molecule has 0 heterocycles. The Bertz CT molecular complexity index is 505. The highest BCUT2D eigenvalue weighted by Crippen LogP contribution is 2.35. The van der Waals surface area contributed by atoms with Gasteiger partial charge in [0, 0.05) is 17.6 Å². The summed E-state index contributed by atoms with van der Waals surface area (Å²) in [6.07, 6.45) is 7.09. The summed E-state index contributed by atoms with van der Waals surface area (Å²) in [5, 5.41) is 8.80. The first kappa shape index (κ1) is 12.2. The number of nitriles is 1. The fraction of sp³-hybridized carbons (Fsp3) is 0.500. The second kappa shape index (κ2) is 5.05. The van der Waals surface area contributed by atoms with Crippen molar-refractivity contribution in [1.82, 2.24) is 4.90 Å². The van der Waals surface area contributed by atoms with Crippen LogP contribution in [0.15, 0.2) is 24.3 Å². The van der Waals surface area contributed by atoms with E-state index < -0.39 is 0 Å². The first-order valence-electron chi connectivity index (χ1n) is 7.12.